The first-order valence-electron chi connectivity index (χ1n) is 10.2. The van der Waals surface area contributed by atoms with E-state index in [9.17, 15) is 18.0 Å². The summed E-state index contributed by atoms with van der Waals surface area (Å²) in [6, 6.07) is 15.5. The van der Waals surface area contributed by atoms with Gasteiger partial charge in [-0.2, -0.15) is 4.31 Å². The Labute approximate surface area is 181 Å². The first-order chi connectivity index (χ1) is 14.8. The number of carbonyl (C=O) groups is 2. The molecule has 8 nitrogen and oxygen atoms in total. The minimum atomic E-state index is -3.62. The van der Waals surface area contributed by atoms with Gasteiger partial charge in [0.05, 0.1) is 23.6 Å². The van der Waals surface area contributed by atoms with Crippen LogP contribution in [0.2, 0.25) is 0 Å². The van der Waals surface area contributed by atoms with Crippen LogP contribution >= 0.6 is 0 Å². The third-order valence-electron chi connectivity index (χ3n) is 5.50. The number of nitrogens with zero attached hydrogens (tertiary/aromatic N) is 2. The van der Waals surface area contributed by atoms with Crippen LogP contribution in [0.15, 0.2) is 59.5 Å². The van der Waals surface area contributed by atoms with Gasteiger partial charge < -0.3 is 15.0 Å². The predicted molar refractivity (Wildman–Crippen MR) is 114 cm³/mol. The average Bonchev–Trinajstić information content (AvgIpc) is 2.77. The predicted octanol–water partition coefficient (Wildman–Crippen LogP) is 1.03. The molecule has 2 fully saturated rings. The van der Waals surface area contributed by atoms with Crippen molar-refractivity contribution >= 4 is 21.8 Å². The van der Waals surface area contributed by atoms with E-state index in [1.807, 2.05) is 13.0 Å². The Bertz CT molecular complexity index is 1040. The zero-order chi connectivity index (χ0) is 22.0. The summed E-state index contributed by atoms with van der Waals surface area (Å²) >= 11 is 0. The first-order valence-corrected chi connectivity index (χ1v) is 11.6. The van der Waals surface area contributed by atoms with E-state index in [1.54, 1.807) is 53.4 Å². The monoisotopic (exact) mass is 443 g/mol. The Morgan fingerprint density at radius 2 is 1.58 bits per heavy atom. The second-order valence-corrected chi connectivity index (χ2v) is 9.80. The van der Waals surface area contributed by atoms with Gasteiger partial charge in [-0.15, -0.1) is 0 Å². The van der Waals surface area contributed by atoms with Gasteiger partial charge in [-0.25, -0.2) is 8.42 Å². The van der Waals surface area contributed by atoms with Crippen molar-refractivity contribution < 1.29 is 22.7 Å². The van der Waals surface area contributed by atoms with E-state index in [-0.39, 0.29) is 49.4 Å². The van der Waals surface area contributed by atoms with Gasteiger partial charge in [0.1, 0.15) is 0 Å². The molecule has 2 amide bonds. The van der Waals surface area contributed by atoms with Crippen LogP contribution in [0.5, 0.6) is 0 Å². The largest absolute Gasteiger partial charge is 0.369 e. The zero-order valence-electron chi connectivity index (χ0n) is 17.2. The van der Waals surface area contributed by atoms with E-state index in [1.165, 1.54) is 4.31 Å². The van der Waals surface area contributed by atoms with Crippen LogP contribution in [0.4, 0.5) is 0 Å². The quantitative estimate of drug-likeness (QED) is 0.745. The molecule has 0 spiro atoms. The minimum Gasteiger partial charge on any atom is -0.369 e. The lowest BCUT2D eigenvalue weighted by Gasteiger charge is -2.45. The summed E-state index contributed by atoms with van der Waals surface area (Å²) in [4.78, 5) is 26.7. The topological polar surface area (TPSA) is 96.0 Å². The van der Waals surface area contributed by atoms with Crippen LogP contribution < -0.4 is 5.32 Å². The zero-order valence-corrected chi connectivity index (χ0v) is 18.0. The number of nitrogens with one attached hydrogen (secondary N) is 1. The van der Waals surface area contributed by atoms with Crippen molar-refractivity contribution in [2.45, 2.75) is 24.0 Å². The summed E-state index contributed by atoms with van der Waals surface area (Å²) in [7, 11) is -3.62. The highest BCUT2D eigenvalue weighted by Crippen LogP contribution is 2.25. The lowest BCUT2D eigenvalue weighted by molar-refractivity contribution is -0.153. The Hall–Kier alpha value is -2.75. The molecule has 0 aromatic heterocycles. The molecule has 9 heteroatoms. The number of rotatable bonds is 5. The number of amides is 2. The Kier molecular flexibility index (Phi) is 6.08. The van der Waals surface area contributed by atoms with Gasteiger partial charge in [0, 0.05) is 31.7 Å². The summed E-state index contributed by atoms with van der Waals surface area (Å²) in [6.45, 7) is 2.74. The highest BCUT2D eigenvalue weighted by molar-refractivity contribution is 7.89. The molecule has 0 aliphatic carbocycles. The number of aryl methyl sites for hydroxylation is 1. The molecule has 2 unspecified atom stereocenters. The molecular weight excluding hydrogens is 418 g/mol. The van der Waals surface area contributed by atoms with E-state index in [0.717, 1.165) is 5.56 Å². The van der Waals surface area contributed by atoms with E-state index in [4.69, 9.17) is 4.74 Å². The van der Waals surface area contributed by atoms with Crippen molar-refractivity contribution in [3.8, 4) is 0 Å². The molecule has 2 bridgehead atoms. The fraction of sp³-hybridized carbons (Fsp3) is 0.364. The van der Waals surface area contributed by atoms with Gasteiger partial charge in [0.25, 0.3) is 5.91 Å². The Morgan fingerprint density at radius 3 is 2.19 bits per heavy atom. The molecule has 2 heterocycles. The lowest BCUT2D eigenvalue weighted by Crippen LogP contribution is -2.62. The molecule has 0 saturated carbocycles. The summed E-state index contributed by atoms with van der Waals surface area (Å²) in [5.74, 6) is -0.518. The maximum absolute atomic E-state index is 13.0. The molecule has 2 aromatic rings. The Balaban J connectivity index is 1.35. The molecule has 164 valence electrons. The van der Waals surface area contributed by atoms with Crippen LogP contribution in [-0.4, -0.2) is 74.4 Å². The lowest BCUT2D eigenvalue weighted by atomic mass is 10.1. The van der Waals surface area contributed by atoms with E-state index in [2.05, 4.69) is 5.32 Å². The average molecular weight is 444 g/mol. The van der Waals surface area contributed by atoms with Gasteiger partial charge in [-0.3, -0.25) is 9.59 Å². The van der Waals surface area contributed by atoms with Crippen molar-refractivity contribution in [1.29, 1.82) is 0 Å². The van der Waals surface area contributed by atoms with Crippen LogP contribution in [0, 0.1) is 6.92 Å². The van der Waals surface area contributed by atoms with Gasteiger partial charge in [-0.05, 0) is 31.2 Å². The molecular formula is C22H25N3O5S. The van der Waals surface area contributed by atoms with Crippen LogP contribution in [0.3, 0.4) is 0 Å². The van der Waals surface area contributed by atoms with Gasteiger partial charge in [-0.1, -0.05) is 35.9 Å². The van der Waals surface area contributed by atoms with E-state index in [0.29, 0.717) is 5.56 Å². The number of morpholine rings is 2. The number of benzene rings is 2. The molecule has 2 saturated heterocycles. The van der Waals surface area contributed by atoms with Gasteiger partial charge >= 0.3 is 0 Å². The number of hydrogen-bond donors (Lipinski definition) is 1. The number of carbonyl (C=O) groups excluding carboxylic acids is 2. The first kappa shape index (κ1) is 21.5. The smallest absolute Gasteiger partial charge is 0.251 e. The van der Waals surface area contributed by atoms with Crippen LogP contribution in [0.25, 0.3) is 0 Å². The molecule has 2 atom stereocenters. The number of fused-ring (bicyclic) bond motifs is 2. The third kappa shape index (κ3) is 4.79. The second-order valence-electron chi connectivity index (χ2n) is 7.86. The summed E-state index contributed by atoms with van der Waals surface area (Å²) in [5, 5.41) is 2.64. The van der Waals surface area contributed by atoms with Crippen LogP contribution in [-0.2, 0) is 19.6 Å². The van der Waals surface area contributed by atoms with Gasteiger partial charge in [0.2, 0.25) is 15.9 Å². The van der Waals surface area contributed by atoms with Crippen molar-refractivity contribution in [1.82, 2.24) is 14.5 Å². The third-order valence-corrected chi connectivity index (χ3v) is 7.34. The summed E-state index contributed by atoms with van der Waals surface area (Å²) in [5.41, 5.74) is 1.48. The highest BCUT2D eigenvalue weighted by Gasteiger charge is 2.41. The summed E-state index contributed by atoms with van der Waals surface area (Å²) in [6.07, 6.45) is -0.803. The van der Waals surface area contributed by atoms with Crippen LogP contribution in [0.1, 0.15) is 15.9 Å². The molecule has 2 aromatic carbocycles. The fourth-order valence-corrected chi connectivity index (χ4v) is 5.38. The molecule has 1 N–H and O–H groups in total. The molecule has 31 heavy (non-hydrogen) atoms. The SMILES string of the molecule is Cc1ccc(S(=O)(=O)N2CC3CN(C(=O)CNC(=O)c4ccccc4)CC(C2)O3)cc1. The maximum Gasteiger partial charge on any atom is 0.251 e. The van der Waals surface area contributed by atoms with Crippen molar-refractivity contribution in [2.75, 3.05) is 32.7 Å². The molecule has 0 radical (unpaired) electrons. The minimum absolute atomic E-state index is 0.113. The van der Waals surface area contributed by atoms with Crippen molar-refractivity contribution in [3.63, 3.8) is 0 Å². The molecule has 2 aliphatic heterocycles. The second kappa shape index (κ2) is 8.78. The molecule has 4 rings (SSSR count). The maximum atomic E-state index is 13.0. The van der Waals surface area contributed by atoms with Crippen molar-refractivity contribution in [2.24, 2.45) is 0 Å². The Morgan fingerprint density at radius 1 is 0.968 bits per heavy atom. The normalized spacial score (nSPS) is 21.5. The number of ether oxygens (including phenoxy) is 1. The standard InChI is InChI=1S/C22H25N3O5S/c1-16-7-9-20(10-8-16)31(28,29)25-14-18-12-24(13-19(15-25)30-18)21(26)11-23-22(27)17-5-3-2-4-6-17/h2-10,18-19H,11-15H2,1H3,(H,23,27). The number of sulfonamides is 1. The van der Waals surface area contributed by atoms with Crippen molar-refractivity contribution in [3.05, 3.63) is 65.7 Å². The van der Waals surface area contributed by atoms with E-state index >= 15 is 0 Å². The molecule has 2 aliphatic rings. The number of hydrogen-bond acceptors (Lipinski definition) is 5. The fourth-order valence-electron chi connectivity index (χ4n) is 3.87. The van der Waals surface area contributed by atoms with Gasteiger partial charge in [0.15, 0.2) is 0 Å². The van der Waals surface area contributed by atoms with E-state index < -0.39 is 22.2 Å². The summed E-state index contributed by atoms with van der Waals surface area (Å²) < 4.78 is 33.3. The highest BCUT2D eigenvalue weighted by atomic mass is 32.2.